The molecular formula is C9H13N5. The molecule has 0 spiro atoms. The van der Waals surface area contributed by atoms with E-state index in [1.165, 1.54) is 0 Å². The minimum Gasteiger partial charge on any atom is -0.348 e. The number of hydrogen-bond donors (Lipinski definition) is 1. The lowest BCUT2D eigenvalue weighted by molar-refractivity contribution is 0.709. The first-order chi connectivity index (χ1) is 6.78. The van der Waals surface area contributed by atoms with Gasteiger partial charge in [-0.15, -0.1) is 5.10 Å². The maximum absolute atomic E-state index is 5.52. The minimum atomic E-state index is 0.577. The van der Waals surface area contributed by atoms with Crippen LogP contribution in [0.2, 0.25) is 0 Å². The van der Waals surface area contributed by atoms with Crippen LogP contribution < -0.4 is 5.73 Å². The van der Waals surface area contributed by atoms with Crippen LogP contribution in [0.15, 0.2) is 24.7 Å². The predicted octanol–water partition coefficient (Wildman–Crippen LogP) is 0.124. The summed E-state index contributed by atoms with van der Waals surface area (Å²) in [4.78, 5) is 0. The molecule has 0 bridgehead atoms. The van der Waals surface area contributed by atoms with E-state index in [0.29, 0.717) is 6.54 Å². The molecule has 0 amide bonds. The number of rotatable bonds is 3. The topological polar surface area (TPSA) is 61.7 Å². The Hall–Kier alpha value is -1.62. The van der Waals surface area contributed by atoms with Gasteiger partial charge in [0, 0.05) is 32.2 Å². The fraction of sp³-hybridized carbons (Fsp3) is 0.333. The smallest absolute Gasteiger partial charge is 0.102 e. The van der Waals surface area contributed by atoms with Crippen LogP contribution >= 0.6 is 0 Å². The quantitative estimate of drug-likeness (QED) is 0.749. The summed E-state index contributed by atoms with van der Waals surface area (Å²) >= 11 is 0. The predicted molar refractivity (Wildman–Crippen MR) is 52.4 cm³/mol. The number of aryl methyl sites for hydroxylation is 1. The second-order valence-electron chi connectivity index (χ2n) is 3.28. The van der Waals surface area contributed by atoms with E-state index in [4.69, 9.17) is 5.73 Å². The Morgan fingerprint density at radius 3 is 2.86 bits per heavy atom. The van der Waals surface area contributed by atoms with Crippen molar-refractivity contribution < 1.29 is 0 Å². The molecule has 2 N–H and O–H groups in total. The molecule has 0 radical (unpaired) electrons. The molecule has 2 aromatic rings. The largest absolute Gasteiger partial charge is 0.348 e. The van der Waals surface area contributed by atoms with Gasteiger partial charge in [0.15, 0.2) is 0 Å². The third-order valence-electron chi connectivity index (χ3n) is 2.04. The Labute approximate surface area is 82.1 Å². The summed E-state index contributed by atoms with van der Waals surface area (Å²) in [7, 11) is 1.86. The molecule has 0 fully saturated rings. The summed E-state index contributed by atoms with van der Waals surface area (Å²) in [6, 6.07) is 2.01. The van der Waals surface area contributed by atoms with Gasteiger partial charge in [-0.3, -0.25) is 4.68 Å². The zero-order chi connectivity index (χ0) is 9.97. The monoisotopic (exact) mass is 191 g/mol. The molecule has 0 aliphatic carbocycles. The van der Waals surface area contributed by atoms with Gasteiger partial charge in [0.25, 0.3) is 0 Å². The van der Waals surface area contributed by atoms with E-state index in [-0.39, 0.29) is 0 Å². The van der Waals surface area contributed by atoms with Gasteiger partial charge in [-0.25, -0.2) is 0 Å². The first-order valence-electron chi connectivity index (χ1n) is 4.48. The Morgan fingerprint density at radius 2 is 2.29 bits per heavy atom. The highest BCUT2D eigenvalue weighted by Crippen LogP contribution is 2.02. The molecular weight excluding hydrogens is 178 g/mol. The molecule has 0 aliphatic heterocycles. The highest BCUT2D eigenvalue weighted by molar-refractivity contribution is 5.10. The first kappa shape index (κ1) is 8.96. The molecule has 0 unspecified atom stereocenters. The van der Waals surface area contributed by atoms with E-state index in [1.54, 1.807) is 4.68 Å². The van der Waals surface area contributed by atoms with Gasteiger partial charge < -0.3 is 10.3 Å². The van der Waals surface area contributed by atoms with E-state index in [0.717, 1.165) is 17.8 Å². The van der Waals surface area contributed by atoms with Gasteiger partial charge in [0.1, 0.15) is 5.69 Å². The van der Waals surface area contributed by atoms with Crippen molar-refractivity contribution in [3.8, 4) is 0 Å². The molecule has 0 aliphatic rings. The number of nitrogens with two attached hydrogens (primary N) is 1. The van der Waals surface area contributed by atoms with Gasteiger partial charge >= 0.3 is 0 Å². The van der Waals surface area contributed by atoms with Crippen LogP contribution in [0.5, 0.6) is 0 Å². The average Bonchev–Trinajstić information content (AvgIpc) is 2.76. The molecule has 5 nitrogen and oxygen atoms in total. The van der Waals surface area contributed by atoms with Crippen LogP contribution in [0.3, 0.4) is 0 Å². The van der Waals surface area contributed by atoms with Crippen molar-refractivity contribution in [3.05, 3.63) is 35.9 Å². The summed E-state index contributed by atoms with van der Waals surface area (Å²) in [5, 5.41) is 7.88. The van der Waals surface area contributed by atoms with Crippen LogP contribution in [0.4, 0.5) is 0 Å². The van der Waals surface area contributed by atoms with Crippen molar-refractivity contribution in [2.24, 2.45) is 12.8 Å². The molecule has 0 aromatic carbocycles. The fourth-order valence-corrected chi connectivity index (χ4v) is 1.36. The Bertz CT molecular complexity index is 414. The van der Waals surface area contributed by atoms with Crippen molar-refractivity contribution in [1.82, 2.24) is 19.6 Å². The molecule has 0 saturated carbocycles. The lowest BCUT2D eigenvalue weighted by atomic mass is 10.3. The third kappa shape index (κ3) is 1.82. The second kappa shape index (κ2) is 3.63. The lowest BCUT2D eigenvalue weighted by Gasteiger charge is -1.96. The van der Waals surface area contributed by atoms with Crippen molar-refractivity contribution in [2.45, 2.75) is 13.1 Å². The second-order valence-corrected chi connectivity index (χ2v) is 3.28. The van der Waals surface area contributed by atoms with Crippen LogP contribution in [0, 0.1) is 0 Å². The highest BCUT2D eigenvalue weighted by atomic mass is 15.4. The molecule has 74 valence electrons. The van der Waals surface area contributed by atoms with Gasteiger partial charge in [-0.05, 0) is 11.6 Å². The molecule has 2 aromatic heterocycles. The highest BCUT2D eigenvalue weighted by Gasteiger charge is 2.00. The van der Waals surface area contributed by atoms with Crippen molar-refractivity contribution in [3.63, 3.8) is 0 Å². The number of hydrogen-bond acceptors (Lipinski definition) is 3. The van der Waals surface area contributed by atoms with E-state index < -0.39 is 0 Å². The third-order valence-corrected chi connectivity index (χ3v) is 2.04. The van der Waals surface area contributed by atoms with Crippen molar-refractivity contribution >= 4 is 0 Å². The van der Waals surface area contributed by atoms with Gasteiger partial charge in [-0.2, -0.15) is 0 Å². The fourth-order valence-electron chi connectivity index (χ4n) is 1.36. The van der Waals surface area contributed by atoms with E-state index in [2.05, 4.69) is 10.3 Å². The lowest BCUT2D eigenvalue weighted by Crippen LogP contribution is -1.98. The Balaban J connectivity index is 2.10. The summed E-state index contributed by atoms with van der Waals surface area (Å²) in [5.41, 5.74) is 7.60. The molecule has 0 saturated heterocycles. The van der Waals surface area contributed by atoms with Crippen molar-refractivity contribution in [1.29, 1.82) is 0 Å². The Morgan fingerprint density at radius 1 is 1.43 bits per heavy atom. The normalized spacial score (nSPS) is 10.7. The molecule has 5 heteroatoms. The maximum atomic E-state index is 5.52. The van der Waals surface area contributed by atoms with Gasteiger partial charge in [0.2, 0.25) is 0 Å². The summed E-state index contributed by atoms with van der Waals surface area (Å²) in [6.07, 6.45) is 5.92. The van der Waals surface area contributed by atoms with Gasteiger partial charge in [-0.1, -0.05) is 5.21 Å². The SMILES string of the molecule is Cn1cc(Cn2ccc(CN)c2)nn1. The van der Waals surface area contributed by atoms with E-state index >= 15 is 0 Å². The number of aromatic nitrogens is 4. The molecule has 0 atom stereocenters. The number of nitrogens with zero attached hydrogens (tertiary/aromatic N) is 4. The van der Waals surface area contributed by atoms with Crippen LogP contribution in [0.25, 0.3) is 0 Å². The van der Waals surface area contributed by atoms with Gasteiger partial charge in [0.05, 0.1) is 6.54 Å². The molecule has 2 heterocycles. The Kier molecular flexibility index (Phi) is 2.32. The first-order valence-corrected chi connectivity index (χ1v) is 4.48. The maximum Gasteiger partial charge on any atom is 0.102 e. The van der Waals surface area contributed by atoms with E-state index in [9.17, 15) is 0 Å². The zero-order valence-electron chi connectivity index (χ0n) is 8.09. The summed E-state index contributed by atoms with van der Waals surface area (Å²) in [6.45, 7) is 1.32. The standard InChI is InChI=1S/C9H13N5/c1-13-6-9(11-12-13)7-14-3-2-8(4-10)5-14/h2-3,5-6H,4,7,10H2,1H3. The molecule has 2 rings (SSSR count). The van der Waals surface area contributed by atoms with E-state index in [1.807, 2.05) is 36.3 Å². The van der Waals surface area contributed by atoms with Crippen LogP contribution in [-0.4, -0.2) is 19.6 Å². The average molecular weight is 191 g/mol. The zero-order valence-corrected chi connectivity index (χ0v) is 8.09. The summed E-state index contributed by atoms with van der Waals surface area (Å²) < 4.78 is 3.74. The van der Waals surface area contributed by atoms with Crippen LogP contribution in [0.1, 0.15) is 11.3 Å². The summed E-state index contributed by atoms with van der Waals surface area (Å²) in [5.74, 6) is 0. The molecule has 14 heavy (non-hydrogen) atoms. The van der Waals surface area contributed by atoms with Crippen molar-refractivity contribution in [2.75, 3.05) is 0 Å². The minimum absolute atomic E-state index is 0.577. The van der Waals surface area contributed by atoms with Crippen LogP contribution in [-0.2, 0) is 20.1 Å².